The molecule has 0 aliphatic heterocycles. The van der Waals surface area contributed by atoms with E-state index in [2.05, 4.69) is 29.1 Å². The molecular weight excluding hydrogens is 328 g/mol. The van der Waals surface area contributed by atoms with Crippen LogP contribution >= 0.6 is 15.9 Å². The lowest BCUT2D eigenvalue weighted by molar-refractivity contribution is -0.125. The van der Waals surface area contributed by atoms with Crippen LogP contribution in [0, 0.1) is 11.3 Å². The van der Waals surface area contributed by atoms with E-state index in [4.69, 9.17) is 0 Å². The Kier molecular flexibility index (Phi) is 18.9. The van der Waals surface area contributed by atoms with Gasteiger partial charge in [0.25, 0.3) is 0 Å². The molecule has 0 saturated heterocycles. The normalized spacial score (nSPS) is 9.71. The molecule has 0 aromatic rings. The van der Waals surface area contributed by atoms with Gasteiger partial charge in [0.15, 0.2) is 0 Å². The van der Waals surface area contributed by atoms with E-state index in [0.717, 1.165) is 24.6 Å². The van der Waals surface area contributed by atoms with Crippen molar-refractivity contribution in [2.24, 2.45) is 11.3 Å². The van der Waals surface area contributed by atoms with E-state index >= 15 is 0 Å². The fraction of sp³-hybridized carbons (Fsp3) is 0.667. The number of rotatable bonds is 7. The fourth-order valence-corrected chi connectivity index (χ4v) is 1.04. The molecule has 21 heavy (non-hydrogen) atoms. The van der Waals surface area contributed by atoms with E-state index in [-0.39, 0.29) is 22.9 Å². The summed E-state index contributed by atoms with van der Waals surface area (Å²) in [6, 6.07) is 0. The number of alkyl halides is 1. The highest BCUT2D eigenvalue weighted by molar-refractivity contribution is 9.09. The van der Waals surface area contributed by atoms with Crippen molar-refractivity contribution in [3.8, 4) is 0 Å². The van der Waals surface area contributed by atoms with Gasteiger partial charge in [0.2, 0.25) is 0 Å². The Hall–Kier alpha value is -0.700. The predicted octanol–water partition coefficient (Wildman–Crippen LogP) is 5.76. The molecule has 0 N–H and O–H groups in total. The van der Waals surface area contributed by atoms with E-state index in [0.29, 0.717) is 0 Å². The highest BCUT2D eigenvalue weighted by atomic mass is 79.9. The molecular formula is C18H33BrO2. The Morgan fingerprint density at radius 2 is 1.48 bits per heavy atom. The number of allylic oxidation sites excluding steroid dienone is 2. The van der Waals surface area contributed by atoms with E-state index in [1.807, 2.05) is 39.8 Å². The second kappa shape index (κ2) is 15.7. The molecule has 0 heterocycles. The van der Waals surface area contributed by atoms with Crippen LogP contribution in [0.4, 0.5) is 0 Å². The Morgan fingerprint density at radius 1 is 1.10 bits per heavy atom. The van der Waals surface area contributed by atoms with Gasteiger partial charge in [0.1, 0.15) is 11.6 Å². The van der Waals surface area contributed by atoms with Crippen LogP contribution in [-0.4, -0.2) is 16.9 Å². The average Bonchev–Trinajstić information content (AvgIpc) is 2.38. The topological polar surface area (TPSA) is 34.1 Å². The highest BCUT2D eigenvalue weighted by Gasteiger charge is 2.21. The molecule has 0 fully saturated rings. The van der Waals surface area contributed by atoms with Crippen LogP contribution < -0.4 is 0 Å². The predicted molar refractivity (Wildman–Crippen MR) is 98.0 cm³/mol. The van der Waals surface area contributed by atoms with Crippen molar-refractivity contribution in [1.29, 1.82) is 0 Å². The van der Waals surface area contributed by atoms with Crippen molar-refractivity contribution in [3.05, 3.63) is 25.3 Å². The van der Waals surface area contributed by atoms with Gasteiger partial charge in [-0.25, -0.2) is 0 Å². The van der Waals surface area contributed by atoms with Crippen molar-refractivity contribution in [1.82, 2.24) is 0 Å². The third-order valence-electron chi connectivity index (χ3n) is 3.05. The minimum Gasteiger partial charge on any atom is -0.300 e. The molecule has 124 valence electrons. The lowest BCUT2D eigenvalue weighted by atomic mass is 9.84. The van der Waals surface area contributed by atoms with Gasteiger partial charge in [0.05, 0.1) is 0 Å². The quantitative estimate of drug-likeness (QED) is 0.427. The highest BCUT2D eigenvalue weighted by Crippen LogP contribution is 2.22. The molecule has 3 heteroatoms. The van der Waals surface area contributed by atoms with E-state index < -0.39 is 0 Å². The zero-order valence-corrected chi connectivity index (χ0v) is 16.3. The van der Waals surface area contributed by atoms with Crippen molar-refractivity contribution >= 4 is 27.5 Å². The monoisotopic (exact) mass is 360 g/mol. The number of halogens is 1. The minimum atomic E-state index is -0.159. The van der Waals surface area contributed by atoms with Gasteiger partial charge in [-0.2, -0.15) is 0 Å². The maximum Gasteiger partial charge on any atom is 0.135 e. The van der Waals surface area contributed by atoms with E-state index in [1.54, 1.807) is 13.8 Å². The van der Waals surface area contributed by atoms with Crippen LogP contribution in [0.5, 0.6) is 0 Å². The summed E-state index contributed by atoms with van der Waals surface area (Å²) in [5.41, 5.74) is -0.159. The first-order valence-corrected chi connectivity index (χ1v) is 8.48. The van der Waals surface area contributed by atoms with Crippen molar-refractivity contribution in [3.63, 3.8) is 0 Å². The van der Waals surface area contributed by atoms with Gasteiger partial charge in [-0.15, -0.1) is 13.2 Å². The third-order valence-corrected chi connectivity index (χ3v) is 3.51. The fourth-order valence-electron chi connectivity index (χ4n) is 0.716. The SMILES string of the molecule is C=CCCBr.C=CCCC(C)(C)C(C)=O.CC(=O)C(C)C. The van der Waals surface area contributed by atoms with Gasteiger partial charge in [0, 0.05) is 16.7 Å². The summed E-state index contributed by atoms with van der Waals surface area (Å²) in [6.07, 6.45) is 6.64. The number of ketones is 2. The average molecular weight is 361 g/mol. The molecule has 0 saturated carbocycles. The minimum absolute atomic E-state index is 0.159. The maximum atomic E-state index is 10.9. The summed E-state index contributed by atoms with van der Waals surface area (Å²) >= 11 is 3.24. The van der Waals surface area contributed by atoms with Crippen LogP contribution in [0.2, 0.25) is 0 Å². The first kappa shape index (κ1) is 25.3. The number of hydrogen-bond acceptors (Lipinski definition) is 2. The van der Waals surface area contributed by atoms with Crippen LogP contribution in [0.15, 0.2) is 25.3 Å². The van der Waals surface area contributed by atoms with Gasteiger partial charge >= 0.3 is 0 Å². The number of hydrogen-bond donors (Lipinski definition) is 0. The maximum absolute atomic E-state index is 10.9. The second-order valence-corrected chi connectivity index (χ2v) is 6.59. The van der Waals surface area contributed by atoms with Crippen LogP contribution in [0.25, 0.3) is 0 Å². The summed E-state index contributed by atoms with van der Waals surface area (Å²) in [7, 11) is 0. The molecule has 2 nitrogen and oxygen atoms in total. The standard InChI is InChI=1S/C9H16O.C5H10O.C4H7Br/c1-5-6-7-9(3,4)8(2)10;1-4(2)5(3)6;1-2-3-4-5/h5H,1,6-7H2,2-4H3;4H,1-3H3;2H,1,3-4H2. The third kappa shape index (κ3) is 21.7. The van der Waals surface area contributed by atoms with E-state index in [1.165, 1.54) is 0 Å². The molecule has 0 spiro atoms. The van der Waals surface area contributed by atoms with Crippen LogP contribution in [-0.2, 0) is 9.59 Å². The van der Waals surface area contributed by atoms with Crippen LogP contribution in [0.3, 0.4) is 0 Å². The zero-order chi connectivity index (χ0) is 17.5. The summed E-state index contributed by atoms with van der Waals surface area (Å²) in [5.74, 6) is 0.731. The number of Topliss-reactive ketones (excluding diaryl/α,β-unsaturated/α-hetero) is 2. The van der Waals surface area contributed by atoms with Crippen molar-refractivity contribution in [2.75, 3.05) is 5.33 Å². The summed E-state index contributed by atoms with van der Waals surface area (Å²) in [6.45, 7) is 18.1. The van der Waals surface area contributed by atoms with E-state index in [9.17, 15) is 9.59 Å². The second-order valence-electron chi connectivity index (χ2n) is 5.80. The molecule has 0 aromatic heterocycles. The Morgan fingerprint density at radius 3 is 1.62 bits per heavy atom. The molecule has 0 amide bonds. The summed E-state index contributed by atoms with van der Waals surface area (Å²) in [4.78, 5) is 21.1. The molecule has 0 aromatic carbocycles. The molecule has 0 radical (unpaired) electrons. The van der Waals surface area contributed by atoms with Crippen LogP contribution in [0.1, 0.15) is 60.8 Å². The largest absolute Gasteiger partial charge is 0.300 e. The van der Waals surface area contributed by atoms with Crippen molar-refractivity contribution < 1.29 is 9.59 Å². The Bertz CT molecular complexity index is 304. The zero-order valence-electron chi connectivity index (χ0n) is 14.7. The molecule has 0 rings (SSSR count). The van der Waals surface area contributed by atoms with Gasteiger partial charge in [-0.3, -0.25) is 9.59 Å². The molecule has 0 atom stereocenters. The smallest absolute Gasteiger partial charge is 0.135 e. The number of carbonyl (C=O) groups excluding carboxylic acids is 2. The lowest BCUT2D eigenvalue weighted by Gasteiger charge is -2.19. The molecule has 0 unspecified atom stereocenters. The molecule has 0 aliphatic carbocycles. The van der Waals surface area contributed by atoms with Gasteiger partial charge in [-0.1, -0.05) is 55.8 Å². The summed E-state index contributed by atoms with van der Waals surface area (Å²) < 4.78 is 0. The Balaban J connectivity index is -0.000000252. The lowest BCUT2D eigenvalue weighted by Crippen LogP contribution is -2.20. The Labute approximate surface area is 140 Å². The van der Waals surface area contributed by atoms with Gasteiger partial charge in [-0.05, 0) is 33.1 Å². The first-order chi connectivity index (χ1) is 9.56. The molecule has 0 bridgehead atoms. The van der Waals surface area contributed by atoms with Gasteiger partial charge < -0.3 is 0 Å². The number of carbonyl (C=O) groups is 2. The van der Waals surface area contributed by atoms with Crippen molar-refractivity contribution in [2.45, 2.75) is 60.8 Å². The first-order valence-electron chi connectivity index (χ1n) is 7.36. The summed E-state index contributed by atoms with van der Waals surface area (Å²) in [5, 5.41) is 1.04. The molecule has 0 aliphatic rings.